The molecule has 1 aliphatic rings. The molecule has 1 amide bonds. The molecule has 0 N–H and O–H groups in total. The predicted octanol–water partition coefficient (Wildman–Crippen LogP) is 3.10. The van der Waals surface area contributed by atoms with Gasteiger partial charge in [-0.15, -0.1) is 0 Å². The summed E-state index contributed by atoms with van der Waals surface area (Å²) in [6.07, 6.45) is 1.74. The third kappa shape index (κ3) is 3.90. The summed E-state index contributed by atoms with van der Waals surface area (Å²) in [6.45, 7) is 9.95. The summed E-state index contributed by atoms with van der Waals surface area (Å²) in [5.74, 6) is -0.0602. The molecule has 34 heavy (non-hydrogen) atoms. The minimum Gasteiger partial charge on any atom is -0.339 e. The summed E-state index contributed by atoms with van der Waals surface area (Å²) in [7, 11) is 2.05. The van der Waals surface area contributed by atoms with Gasteiger partial charge in [0.2, 0.25) is 5.91 Å². The van der Waals surface area contributed by atoms with Crippen molar-refractivity contribution in [3.63, 3.8) is 0 Å². The summed E-state index contributed by atoms with van der Waals surface area (Å²) < 4.78 is 3.42. The molecule has 1 fully saturated rings. The second-order valence-corrected chi connectivity index (χ2v) is 9.53. The van der Waals surface area contributed by atoms with Gasteiger partial charge in [0.1, 0.15) is 12.1 Å². The minimum absolute atomic E-state index is 0.0391. The Morgan fingerprint density at radius 1 is 0.971 bits per heavy atom. The van der Waals surface area contributed by atoms with Gasteiger partial charge < -0.3 is 14.4 Å². The maximum Gasteiger partial charge on any atom is 0.291 e. The van der Waals surface area contributed by atoms with Crippen molar-refractivity contribution in [3.05, 3.63) is 75.2 Å². The fraction of sp³-hybridized carbons (Fsp3) is 0.370. The number of amides is 1. The Labute approximate surface area is 199 Å². The molecule has 0 radical (unpaired) electrons. The number of aryl methyl sites for hydroxylation is 3. The van der Waals surface area contributed by atoms with E-state index in [9.17, 15) is 9.59 Å². The highest BCUT2D eigenvalue weighted by atomic mass is 16.2. The van der Waals surface area contributed by atoms with E-state index in [1.165, 1.54) is 26.9 Å². The van der Waals surface area contributed by atoms with E-state index in [2.05, 4.69) is 54.5 Å². The topological polar surface area (TPSA) is 63.4 Å². The van der Waals surface area contributed by atoms with Crippen molar-refractivity contribution >= 4 is 27.7 Å². The van der Waals surface area contributed by atoms with Gasteiger partial charge in [-0.25, -0.2) is 4.68 Å². The van der Waals surface area contributed by atoms with Crippen LogP contribution in [0.1, 0.15) is 22.3 Å². The molecule has 4 aromatic rings. The first-order valence-electron chi connectivity index (χ1n) is 11.8. The number of likely N-dealkylation sites (N-methyl/N-ethyl adjacent to an activating group) is 1. The van der Waals surface area contributed by atoms with Crippen LogP contribution in [0.4, 0.5) is 0 Å². The second kappa shape index (κ2) is 8.72. The fourth-order valence-electron chi connectivity index (χ4n) is 5.17. The van der Waals surface area contributed by atoms with Crippen LogP contribution in [0, 0.1) is 20.8 Å². The molecule has 3 heterocycles. The third-order valence-electron chi connectivity index (χ3n) is 7.07. The van der Waals surface area contributed by atoms with E-state index in [1.807, 2.05) is 29.2 Å². The van der Waals surface area contributed by atoms with E-state index in [1.54, 1.807) is 6.20 Å². The number of fused-ring (bicyclic) bond motifs is 3. The molecule has 2 aromatic carbocycles. The van der Waals surface area contributed by atoms with Gasteiger partial charge in [-0.05, 0) is 50.6 Å². The Balaban J connectivity index is 1.60. The van der Waals surface area contributed by atoms with Crippen molar-refractivity contribution in [1.29, 1.82) is 0 Å². The largest absolute Gasteiger partial charge is 0.339 e. The average molecular weight is 458 g/mol. The predicted molar refractivity (Wildman–Crippen MR) is 135 cm³/mol. The summed E-state index contributed by atoms with van der Waals surface area (Å²) in [4.78, 5) is 30.7. The molecule has 0 spiro atoms. The summed E-state index contributed by atoms with van der Waals surface area (Å²) in [6, 6.07) is 12.4. The van der Waals surface area contributed by atoms with Crippen molar-refractivity contribution in [2.45, 2.75) is 33.9 Å². The molecular weight excluding hydrogens is 426 g/mol. The van der Waals surface area contributed by atoms with Crippen LogP contribution in [-0.4, -0.2) is 63.3 Å². The lowest BCUT2D eigenvalue weighted by Crippen LogP contribution is -2.48. The molecule has 0 aliphatic carbocycles. The molecule has 0 bridgehead atoms. The lowest BCUT2D eigenvalue weighted by molar-refractivity contribution is -0.133. The van der Waals surface area contributed by atoms with E-state index in [4.69, 9.17) is 0 Å². The van der Waals surface area contributed by atoms with Crippen LogP contribution in [0.2, 0.25) is 0 Å². The highest BCUT2D eigenvalue weighted by molar-refractivity contribution is 6.07. The first-order chi connectivity index (χ1) is 16.3. The van der Waals surface area contributed by atoms with Crippen LogP contribution in [0.5, 0.6) is 0 Å². The number of piperazine rings is 1. The Hall–Kier alpha value is -3.45. The zero-order valence-corrected chi connectivity index (χ0v) is 20.3. The molecular formula is C27H31N5O2. The van der Waals surface area contributed by atoms with Gasteiger partial charge >= 0.3 is 0 Å². The summed E-state index contributed by atoms with van der Waals surface area (Å²) in [5, 5.41) is 6.23. The molecule has 0 unspecified atom stereocenters. The van der Waals surface area contributed by atoms with Crippen molar-refractivity contribution in [1.82, 2.24) is 24.1 Å². The quantitative estimate of drug-likeness (QED) is 0.473. The van der Waals surface area contributed by atoms with Gasteiger partial charge in [0.25, 0.3) is 5.56 Å². The van der Waals surface area contributed by atoms with Crippen molar-refractivity contribution in [3.8, 4) is 0 Å². The first kappa shape index (κ1) is 22.3. The number of carbonyl (C=O) groups is 1. The lowest BCUT2D eigenvalue weighted by atomic mass is 10.00. The van der Waals surface area contributed by atoms with Gasteiger partial charge in [0.15, 0.2) is 0 Å². The Morgan fingerprint density at radius 2 is 1.65 bits per heavy atom. The smallest absolute Gasteiger partial charge is 0.291 e. The van der Waals surface area contributed by atoms with E-state index in [0.717, 1.165) is 29.4 Å². The minimum atomic E-state index is -0.224. The molecule has 7 heteroatoms. The molecule has 176 valence electrons. The van der Waals surface area contributed by atoms with E-state index >= 15 is 0 Å². The maximum absolute atomic E-state index is 13.7. The van der Waals surface area contributed by atoms with Gasteiger partial charge in [0.05, 0.1) is 6.20 Å². The van der Waals surface area contributed by atoms with Crippen LogP contribution in [0.25, 0.3) is 21.8 Å². The van der Waals surface area contributed by atoms with E-state index < -0.39 is 0 Å². The number of carbonyl (C=O) groups excluding carboxylic acids is 1. The van der Waals surface area contributed by atoms with Gasteiger partial charge in [0, 0.05) is 49.0 Å². The van der Waals surface area contributed by atoms with Crippen LogP contribution in [-0.2, 0) is 17.9 Å². The Kier molecular flexibility index (Phi) is 5.73. The molecule has 5 rings (SSSR count). The van der Waals surface area contributed by atoms with E-state index in [-0.39, 0.29) is 18.0 Å². The van der Waals surface area contributed by atoms with E-state index in [0.29, 0.717) is 25.2 Å². The number of rotatable bonds is 4. The molecule has 2 aromatic heterocycles. The zero-order chi connectivity index (χ0) is 24.0. The van der Waals surface area contributed by atoms with Crippen molar-refractivity contribution < 1.29 is 4.79 Å². The number of hydrogen-bond donors (Lipinski definition) is 0. The number of nitrogens with zero attached hydrogens (tertiary/aromatic N) is 5. The first-order valence-corrected chi connectivity index (χ1v) is 11.8. The molecule has 7 nitrogen and oxygen atoms in total. The number of benzene rings is 2. The Morgan fingerprint density at radius 3 is 2.35 bits per heavy atom. The summed E-state index contributed by atoms with van der Waals surface area (Å²) >= 11 is 0. The van der Waals surface area contributed by atoms with Crippen molar-refractivity contribution in [2.24, 2.45) is 0 Å². The van der Waals surface area contributed by atoms with Crippen LogP contribution < -0.4 is 5.56 Å². The zero-order valence-electron chi connectivity index (χ0n) is 20.3. The highest BCUT2D eigenvalue weighted by Gasteiger charge is 2.22. The van der Waals surface area contributed by atoms with Gasteiger partial charge in [-0.3, -0.25) is 9.59 Å². The third-order valence-corrected chi connectivity index (χ3v) is 7.07. The van der Waals surface area contributed by atoms with Gasteiger partial charge in [-0.2, -0.15) is 5.10 Å². The normalized spacial score (nSPS) is 14.9. The van der Waals surface area contributed by atoms with Crippen LogP contribution in [0.15, 0.2) is 47.4 Å². The Bertz CT molecular complexity index is 1430. The molecule has 1 aliphatic heterocycles. The number of aromatic nitrogens is 3. The molecule has 0 atom stereocenters. The maximum atomic E-state index is 13.7. The summed E-state index contributed by atoms with van der Waals surface area (Å²) in [5.41, 5.74) is 6.24. The van der Waals surface area contributed by atoms with Gasteiger partial charge in [-0.1, -0.05) is 35.9 Å². The fourth-order valence-corrected chi connectivity index (χ4v) is 5.17. The molecule has 0 saturated carbocycles. The number of hydrogen-bond acceptors (Lipinski definition) is 4. The average Bonchev–Trinajstić information content (AvgIpc) is 3.12. The second-order valence-electron chi connectivity index (χ2n) is 9.53. The number of para-hydroxylation sites is 1. The molecule has 1 saturated heterocycles. The van der Waals surface area contributed by atoms with Crippen molar-refractivity contribution in [2.75, 3.05) is 33.2 Å². The van der Waals surface area contributed by atoms with Crippen LogP contribution >= 0.6 is 0 Å². The lowest BCUT2D eigenvalue weighted by Gasteiger charge is -2.32. The monoisotopic (exact) mass is 457 g/mol. The SMILES string of the molecule is Cc1cc(C)c(Cn2c3ccccc3c3cnn(CC(=O)N4CCN(C)CC4)c(=O)c32)c(C)c1. The highest BCUT2D eigenvalue weighted by Crippen LogP contribution is 2.28. The standard InChI is InChI=1S/C27H31N5O2/c1-18-13-19(2)23(20(3)14-18)16-31-24-8-6-5-7-21(24)22-15-28-32(27(34)26(22)31)17-25(33)30-11-9-29(4)10-12-30/h5-8,13-15H,9-12,16-17H2,1-4H3. The van der Waals surface area contributed by atoms with Crippen LogP contribution in [0.3, 0.4) is 0 Å².